The van der Waals surface area contributed by atoms with Crippen LogP contribution >= 0.6 is 11.6 Å². The monoisotopic (exact) mass is 335 g/mol. The lowest BCUT2D eigenvalue weighted by atomic mass is 10.2. The predicted octanol–water partition coefficient (Wildman–Crippen LogP) is 2.18. The Hall–Kier alpha value is -2.10. The molecule has 0 unspecified atom stereocenters. The van der Waals surface area contributed by atoms with Gasteiger partial charge in [-0.05, 0) is 38.0 Å². The van der Waals surface area contributed by atoms with Crippen molar-refractivity contribution in [3.63, 3.8) is 0 Å². The summed E-state index contributed by atoms with van der Waals surface area (Å²) >= 11 is 5.94. The minimum absolute atomic E-state index is 0.0958. The Kier molecular flexibility index (Phi) is 5.59. The first-order chi connectivity index (χ1) is 11.0. The first-order valence-electron chi connectivity index (χ1n) is 7.29. The van der Waals surface area contributed by atoms with Crippen molar-refractivity contribution in [2.45, 2.75) is 31.8 Å². The molecule has 0 heterocycles. The largest absolute Gasteiger partial charge is 0.468 e. The number of anilines is 1. The highest BCUT2D eigenvalue weighted by atomic mass is 35.5. The standard InChI is InChI=1S/C16H18ClN3O3/c1-10(16(22)23-2)20(13-5-6-13)9-15(21)19-12-4-3-11(8-18)14(17)7-12/h3-4,7,10,13H,5-6,9H2,1-2H3,(H,19,21)/t10-/m1/s1. The molecule has 1 aliphatic rings. The highest BCUT2D eigenvalue weighted by Gasteiger charge is 2.36. The van der Waals surface area contributed by atoms with Crippen LogP contribution in [0.4, 0.5) is 5.69 Å². The number of carbonyl (C=O) groups is 2. The van der Waals surface area contributed by atoms with Crippen molar-refractivity contribution in [2.75, 3.05) is 19.0 Å². The molecule has 23 heavy (non-hydrogen) atoms. The summed E-state index contributed by atoms with van der Waals surface area (Å²) in [7, 11) is 1.34. The summed E-state index contributed by atoms with van der Waals surface area (Å²) in [5, 5.41) is 11.9. The van der Waals surface area contributed by atoms with Gasteiger partial charge in [0.15, 0.2) is 0 Å². The van der Waals surface area contributed by atoms with E-state index in [4.69, 9.17) is 21.6 Å². The molecule has 0 spiro atoms. The van der Waals surface area contributed by atoms with Crippen LogP contribution in [-0.4, -0.2) is 42.5 Å². The number of hydrogen-bond donors (Lipinski definition) is 1. The van der Waals surface area contributed by atoms with Gasteiger partial charge in [0, 0.05) is 11.7 Å². The Labute approximate surface area is 140 Å². The predicted molar refractivity (Wildman–Crippen MR) is 86.0 cm³/mol. The van der Waals surface area contributed by atoms with Gasteiger partial charge in [-0.3, -0.25) is 14.5 Å². The number of nitriles is 1. The second-order valence-corrected chi connectivity index (χ2v) is 5.86. The van der Waals surface area contributed by atoms with Gasteiger partial charge in [-0.25, -0.2) is 0 Å². The van der Waals surface area contributed by atoms with Crippen molar-refractivity contribution >= 4 is 29.2 Å². The van der Waals surface area contributed by atoms with Gasteiger partial charge in [0.25, 0.3) is 0 Å². The summed E-state index contributed by atoms with van der Waals surface area (Å²) in [5.41, 5.74) is 0.865. The number of hydrogen-bond acceptors (Lipinski definition) is 5. The van der Waals surface area contributed by atoms with Gasteiger partial charge in [0.05, 0.1) is 24.2 Å². The summed E-state index contributed by atoms with van der Waals surface area (Å²) in [6.07, 6.45) is 1.94. The van der Waals surface area contributed by atoms with E-state index in [0.29, 0.717) is 11.3 Å². The molecule has 1 amide bonds. The van der Waals surface area contributed by atoms with E-state index in [2.05, 4.69) is 5.32 Å². The molecule has 1 aliphatic carbocycles. The summed E-state index contributed by atoms with van der Waals surface area (Å²) in [5.74, 6) is -0.598. The van der Waals surface area contributed by atoms with E-state index >= 15 is 0 Å². The fourth-order valence-electron chi connectivity index (χ4n) is 2.34. The van der Waals surface area contributed by atoms with Gasteiger partial charge >= 0.3 is 5.97 Å². The lowest BCUT2D eigenvalue weighted by Crippen LogP contribution is -2.45. The third kappa shape index (κ3) is 4.44. The van der Waals surface area contributed by atoms with Crippen LogP contribution in [0.25, 0.3) is 0 Å². The maximum Gasteiger partial charge on any atom is 0.322 e. The number of carbonyl (C=O) groups excluding carboxylic acids is 2. The lowest BCUT2D eigenvalue weighted by Gasteiger charge is -2.26. The summed E-state index contributed by atoms with van der Waals surface area (Å²) in [4.78, 5) is 25.8. The molecule has 7 heteroatoms. The van der Waals surface area contributed by atoms with Crippen molar-refractivity contribution < 1.29 is 14.3 Å². The van der Waals surface area contributed by atoms with E-state index < -0.39 is 6.04 Å². The number of methoxy groups -OCH3 is 1. The molecule has 1 aromatic rings. The SMILES string of the molecule is COC(=O)[C@@H](C)N(CC(=O)Nc1ccc(C#N)c(Cl)c1)C1CC1. The molecule has 0 aromatic heterocycles. The number of ether oxygens (including phenoxy) is 1. The number of esters is 1. The van der Waals surface area contributed by atoms with Crippen molar-refractivity contribution in [1.29, 1.82) is 5.26 Å². The number of nitrogens with one attached hydrogen (secondary N) is 1. The van der Waals surface area contributed by atoms with Gasteiger partial charge in [-0.15, -0.1) is 0 Å². The van der Waals surface area contributed by atoms with E-state index in [0.717, 1.165) is 12.8 Å². The van der Waals surface area contributed by atoms with Crippen molar-refractivity contribution in [3.05, 3.63) is 28.8 Å². The van der Waals surface area contributed by atoms with E-state index in [1.165, 1.54) is 13.2 Å². The summed E-state index contributed by atoms with van der Waals surface area (Å²) < 4.78 is 4.75. The zero-order valence-corrected chi connectivity index (χ0v) is 13.8. The third-order valence-electron chi connectivity index (χ3n) is 3.76. The number of halogens is 1. The number of rotatable bonds is 6. The second kappa shape index (κ2) is 7.44. The van der Waals surface area contributed by atoms with Crippen LogP contribution in [0.2, 0.25) is 5.02 Å². The van der Waals surface area contributed by atoms with Gasteiger partial charge < -0.3 is 10.1 Å². The Morgan fingerprint density at radius 2 is 2.22 bits per heavy atom. The quantitative estimate of drug-likeness (QED) is 0.806. The first kappa shape index (κ1) is 17.3. The molecule has 0 bridgehead atoms. The fraction of sp³-hybridized carbons (Fsp3) is 0.438. The minimum atomic E-state index is -0.470. The van der Waals surface area contributed by atoms with Gasteiger partial charge in [-0.2, -0.15) is 5.26 Å². The molecule has 1 saturated carbocycles. The molecule has 0 aliphatic heterocycles. The van der Waals surface area contributed by atoms with E-state index in [-0.39, 0.29) is 29.5 Å². The average Bonchev–Trinajstić information content (AvgIpc) is 3.36. The molecule has 122 valence electrons. The Morgan fingerprint density at radius 1 is 1.52 bits per heavy atom. The van der Waals surface area contributed by atoms with Crippen molar-refractivity contribution in [2.24, 2.45) is 0 Å². The Morgan fingerprint density at radius 3 is 2.74 bits per heavy atom. The number of benzene rings is 1. The smallest absolute Gasteiger partial charge is 0.322 e. The average molecular weight is 336 g/mol. The van der Waals surface area contributed by atoms with Crippen LogP contribution < -0.4 is 5.32 Å². The molecular weight excluding hydrogens is 318 g/mol. The molecule has 2 rings (SSSR count). The second-order valence-electron chi connectivity index (χ2n) is 5.46. The summed E-state index contributed by atoms with van der Waals surface area (Å²) in [6, 6.07) is 6.43. The van der Waals surface area contributed by atoms with Crippen molar-refractivity contribution in [3.8, 4) is 6.07 Å². The van der Waals surface area contributed by atoms with E-state index in [1.54, 1.807) is 19.1 Å². The highest BCUT2D eigenvalue weighted by molar-refractivity contribution is 6.32. The van der Waals surface area contributed by atoms with Crippen LogP contribution in [0.5, 0.6) is 0 Å². The fourth-order valence-corrected chi connectivity index (χ4v) is 2.57. The number of nitrogens with zero attached hydrogens (tertiary/aromatic N) is 2. The maximum atomic E-state index is 12.2. The zero-order chi connectivity index (χ0) is 17.0. The highest BCUT2D eigenvalue weighted by Crippen LogP contribution is 2.29. The van der Waals surface area contributed by atoms with Gasteiger partial charge in [0.2, 0.25) is 5.91 Å². The van der Waals surface area contributed by atoms with E-state index in [1.807, 2.05) is 11.0 Å². The van der Waals surface area contributed by atoms with Crippen LogP contribution in [0.1, 0.15) is 25.3 Å². The number of amides is 1. The van der Waals surface area contributed by atoms with E-state index in [9.17, 15) is 9.59 Å². The molecular formula is C16H18ClN3O3. The van der Waals surface area contributed by atoms with Crippen LogP contribution in [-0.2, 0) is 14.3 Å². The molecule has 6 nitrogen and oxygen atoms in total. The van der Waals surface area contributed by atoms with Crippen LogP contribution in [0.15, 0.2) is 18.2 Å². The normalized spacial score (nSPS) is 14.9. The summed E-state index contributed by atoms with van der Waals surface area (Å²) in [6.45, 7) is 1.83. The maximum absolute atomic E-state index is 12.2. The Balaban J connectivity index is 2.01. The van der Waals surface area contributed by atoms with Crippen LogP contribution in [0.3, 0.4) is 0 Å². The molecule has 0 saturated heterocycles. The van der Waals surface area contributed by atoms with Crippen molar-refractivity contribution in [1.82, 2.24) is 4.90 Å². The Bertz CT molecular complexity index is 652. The molecule has 0 radical (unpaired) electrons. The third-order valence-corrected chi connectivity index (χ3v) is 4.07. The minimum Gasteiger partial charge on any atom is -0.468 e. The molecule has 1 aromatic carbocycles. The van der Waals surface area contributed by atoms with Crippen LogP contribution in [0, 0.1) is 11.3 Å². The van der Waals surface area contributed by atoms with Gasteiger partial charge in [0.1, 0.15) is 12.1 Å². The topological polar surface area (TPSA) is 82.4 Å². The first-order valence-corrected chi connectivity index (χ1v) is 7.67. The zero-order valence-electron chi connectivity index (χ0n) is 13.0. The molecule has 1 N–H and O–H groups in total. The van der Waals surface area contributed by atoms with Gasteiger partial charge in [-0.1, -0.05) is 11.6 Å². The molecule has 1 fully saturated rings. The lowest BCUT2D eigenvalue weighted by molar-refractivity contribution is -0.146. The molecule has 1 atom stereocenters.